The van der Waals surface area contributed by atoms with E-state index in [0.717, 1.165) is 37.0 Å². The molecule has 3 rings (SSSR count). The number of hydrogen-bond acceptors (Lipinski definition) is 2. The molecular weight excluding hydrogens is 342 g/mol. The smallest absolute Gasteiger partial charge is 0.0908 e. The van der Waals surface area contributed by atoms with E-state index in [2.05, 4.69) is 37.3 Å². The number of benzene rings is 1. The molecule has 0 bridgehead atoms. The minimum atomic E-state index is 0.0501. The Morgan fingerprint density at radius 1 is 1.04 bits per heavy atom. The molecule has 0 aromatic heterocycles. The zero-order valence-electron chi connectivity index (χ0n) is 17.8. The Morgan fingerprint density at radius 3 is 2.25 bits per heavy atom. The molecule has 2 saturated carbocycles. The fraction of sp³-hybridized carbons (Fsp3) is 0.654. The molecular formula is C26H37NO. The first kappa shape index (κ1) is 21.1. The Kier molecular flexibility index (Phi) is 7.74. The minimum Gasteiger partial charge on any atom is -0.378 e. The third-order valence-corrected chi connectivity index (χ3v) is 7.63. The molecule has 0 atom stereocenters. The minimum absolute atomic E-state index is 0.0501. The Balaban J connectivity index is 1.46. The topological polar surface area (TPSA) is 33.0 Å². The highest BCUT2D eigenvalue weighted by atomic mass is 16.5. The molecule has 1 aromatic rings. The van der Waals surface area contributed by atoms with Crippen LogP contribution in [-0.4, -0.2) is 12.7 Å². The fourth-order valence-corrected chi connectivity index (χ4v) is 5.63. The van der Waals surface area contributed by atoms with Gasteiger partial charge in [0.25, 0.3) is 0 Å². The van der Waals surface area contributed by atoms with Crippen LogP contribution in [0.15, 0.2) is 36.4 Å². The number of methoxy groups -OCH3 is 1. The van der Waals surface area contributed by atoms with Crippen LogP contribution in [0.3, 0.4) is 0 Å². The van der Waals surface area contributed by atoms with Crippen LogP contribution >= 0.6 is 0 Å². The molecule has 0 saturated heterocycles. The third-order valence-electron chi connectivity index (χ3n) is 7.63. The first-order chi connectivity index (χ1) is 13.7. The maximum absolute atomic E-state index is 8.65. The van der Waals surface area contributed by atoms with Gasteiger partial charge in [-0.1, -0.05) is 37.3 Å². The van der Waals surface area contributed by atoms with Crippen LogP contribution in [0.25, 0.3) is 0 Å². The Bertz CT molecular complexity index is 653. The van der Waals surface area contributed by atoms with Gasteiger partial charge in [-0.15, -0.1) is 0 Å². The maximum Gasteiger partial charge on any atom is 0.0908 e. The van der Waals surface area contributed by atoms with Crippen LogP contribution < -0.4 is 0 Å². The molecule has 28 heavy (non-hydrogen) atoms. The summed E-state index contributed by atoms with van der Waals surface area (Å²) in [6, 6.07) is 11.5. The number of aryl methyl sites for hydroxylation is 1. The lowest BCUT2D eigenvalue weighted by molar-refractivity contribution is -0.0614. The van der Waals surface area contributed by atoms with Crippen molar-refractivity contribution in [3.63, 3.8) is 0 Å². The van der Waals surface area contributed by atoms with E-state index in [-0.39, 0.29) is 5.60 Å². The van der Waals surface area contributed by atoms with Gasteiger partial charge < -0.3 is 4.74 Å². The zero-order valence-corrected chi connectivity index (χ0v) is 17.8. The summed E-state index contributed by atoms with van der Waals surface area (Å²) in [5.74, 6) is 2.58. The number of ether oxygens (including phenoxy) is 1. The Hall–Kier alpha value is -1.59. The van der Waals surface area contributed by atoms with Crippen molar-refractivity contribution in [2.45, 2.75) is 89.1 Å². The summed E-state index contributed by atoms with van der Waals surface area (Å²) in [4.78, 5) is 0. The van der Waals surface area contributed by atoms with Gasteiger partial charge in [0, 0.05) is 13.2 Å². The number of rotatable bonds is 7. The monoisotopic (exact) mass is 379 g/mol. The number of allylic oxidation sites excluding steroid dienone is 2. The van der Waals surface area contributed by atoms with Crippen molar-refractivity contribution in [2.75, 3.05) is 7.11 Å². The predicted octanol–water partition coefficient (Wildman–Crippen LogP) is 6.96. The van der Waals surface area contributed by atoms with Crippen molar-refractivity contribution in [2.24, 2.45) is 11.8 Å². The van der Waals surface area contributed by atoms with Crippen LogP contribution in [0.2, 0.25) is 0 Å². The van der Waals surface area contributed by atoms with Crippen molar-refractivity contribution >= 4 is 0 Å². The lowest BCUT2D eigenvalue weighted by atomic mass is 9.66. The first-order valence-corrected chi connectivity index (χ1v) is 11.4. The fourth-order valence-electron chi connectivity index (χ4n) is 5.63. The van der Waals surface area contributed by atoms with Gasteiger partial charge in [-0.05, 0) is 99.5 Å². The van der Waals surface area contributed by atoms with Gasteiger partial charge in [0.15, 0.2) is 0 Å². The predicted molar refractivity (Wildman–Crippen MR) is 116 cm³/mol. The van der Waals surface area contributed by atoms with Gasteiger partial charge in [0.05, 0.1) is 11.7 Å². The van der Waals surface area contributed by atoms with Crippen molar-refractivity contribution in [1.29, 1.82) is 5.26 Å². The SMILES string of the molecule is CCc1ccc(C2CCC(C3CCC(CCC=CC#N)(OC)CC3)CC2)cc1. The maximum atomic E-state index is 8.65. The quantitative estimate of drug-likeness (QED) is 0.480. The van der Waals surface area contributed by atoms with Gasteiger partial charge in [-0.2, -0.15) is 5.26 Å². The van der Waals surface area contributed by atoms with Gasteiger partial charge in [0.2, 0.25) is 0 Å². The van der Waals surface area contributed by atoms with Crippen LogP contribution in [0, 0.1) is 23.2 Å². The van der Waals surface area contributed by atoms with E-state index in [0.29, 0.717) is 0 Å². The Labute approximate surface area is 172 Å². The summed E-state index contributed by atoms with van der Waals surface area (Å²) in [5.41, 5.74) is 3.06. The van der Waals surface area contributed by atoms with E-state index in [4.69, 9.17) is 10.00 Å². The van der Waals surface area contributed by atoms with Crippen LogP contribution in [0.5, 0.6) is 0 Å². The summed E-state index contributed by atoms with van der Waals surface area (Å²) in [6.07, 6.45) is 17.2. The summed E-state index contributed by atoms with van der Waals surface area (Å²) in [7, 11) is 1.88. The zero-order chi connectivity index (χ0) is 19.8. The van der Waals surface area contributed by atoms with Gasteiger partial charge in [-0.3, -0.25) is 0 Å². The molecule has 0 unspecified atom stereocenters. The van der Waals surface area contributed by atoms with Gasteiger partial charge in [0.1, 0.15) is 0 Å². The van der Waals surface area contributed by atoms with Gasteiger partial charge in [-0.25, -0.2) is 0 Å². The highest BCUT2D eigenvalue weighted by Gasteiger charge is 2.38. The molecule has 0 aliphatic heterocycles. The third kappa shape index (κ3) is 5.26. The molecule has 0 heterocycles. The molecule has 0 N–H and O–H groups in total. The molecule has 2 nitrogen and oxygen atoms in total. The van der Waals surface area contributed by atoms with Crippen LogP contribution in [0.1, 0.15) is 88.2 Å². The molecule has 2 heteroatoms. The van der Waals surface area contributed by atoms with E-state index >= 15 is 0 Å². The standard InChI is InChI=1S/C26H37NO/c1-3-21-7-9-22(10-8-21)23-11-13-24(14-12-23)25-15-18-26(28-2,19-16-25)17-5-4-6-20-27/h4,6-10,23-25H,3,5,11-19H2,1-2H3. The first-order valence-electron chi connectivity index (χ1n) is 11.4. The number of hydrogen-bond donors (Lipinski definition) is 0. The Morgan fingerprint density at radius 2 is 1.68 bits per heavy atom. The number of nitrogens with zero attached hydrogens (tertiary/aromatic N) is 1. The van der Waals surface area contributed by atoms with Crippen molar-refractivity contribution in [1.82, 2.24) is 0 Å². The summed E-state index contributed by atoms with van der Waals surface area (Å²) >= 11 is 0. The second-order valence-electron chi connectivity index (χ2n) is 9.00. The summed E-state index contributed by atoms with van der Waals surface area (Å²) in [5, 5.41) is 8.65. The summed E-state index contributed by atoms with van der Waals surface area (Å²) in [6.45, 7) is 2.23. The van der Waals surface area contributed by atoms with E-state index in [1.165, 1.54) is 56.9 Å². The van der Waals surface area contributed by atoms with Crippen molar-refractivity contribution in [3.8, 4) is 6.07 Å². The summed E-state index contributed by atoms with van der Waals surface area (Å²) < 4.78 is 5.97. The molecule has 2 fully saturated rings. The average molecular weight is 380 g/mol. The highest BCUT2D eigenvalue weighted by molar-refractivity contribution is 5.25. The van der Waals surface area contributed by atoms with E-state index in [9.17, 15) is 0 Å². The lowest BCUT2D eigenvalue weighted by Crippen LogP contribution is -2.38. The molecule has 152 valence electrons. The molecule has 0 spiro atoms. The molecule has 0 radical (unpaired) electrons. The van der Waals surface area contributed by atoms with E-state index in [1.54, 1.807) is 11.6 Å². The van der Waals surface area contributed by atoms with Crippen LogP contribution in [0.4, 0.5) is 0 Å². The van der Waals surface area contributed by atoms with Gasteiger partial charge >= 0.3 is 0 Å². The number of nitriles is 1. The molecule has 1 aromatic carbocycles. The van der Waals surface area contributed by atoms with E-state index in [1.807, 2.05) is 13.2 Å². The van der Waals surface area contributed by atoms with Crippen molar-refractivity contribution < 1.29 is 4.74 Å². The molecule has 0 amide bonds. The lowest BCUT2D eigenvalue weighted by Gasteiger charge is -2.43. The molecule has 2 aliphatic carbocycles. The second-order valence-corrected chi connectivity index (χ2v) is 9.00. The van der Waals surface area contributed by atoms with Crippen LogP contribution in [-0.2, 0) is 11.2 Å². The highest BCUT2D eigenvalue weighted by Crippen LogP contribution is 2.46. The average Bonchev–Trinajstić information content (AvgIpc) is 2.77. The van der Waals surface area contributed by atoms with Crippen molar-refractivity contribution in [3.05, 3.63) is 47.5 Å². The normalized spacial score (nSPS) is 31.0. The molecule has 2 aliphatic rings. The second kappa shape index (κ2) is 10.3. The largest absolute Gasteiger partial charge is 0.378 e. The van der Waals surface area contributed by atoms with E-state index < -0.39 is 0 Å².